The molecule has 0 spiro atoms. The zero-order valence-electron chi connectivity index (χ0n) is 9.31. The summed E-state index contributed by atoms with van der Waals surface area (Å²) in [7, 11) is 1.26. The maximum Gasteiger partial charge on any atom is 0.390 e. The van der Waals surface area contributed by atoms with Crippen LogP contribution in [-0.4, -0.2) is 34.7 Å². The fourth-order valence-corrected chi connectivity index (χ4v) is 1.24. The van der Waals surface area contributed by atoms with Crippen LogP contribution in [0.3, 0.4) is 0 Å². The number of nitro groups is 1. The van der Waals surface area contributed by atoms with Gasteiger partial charge in [-0.15, -0.1) is 0 Å². The zero-order chi connectivity index (χ0) is 13.9. The van der Waals surface area contributed by atoms with Crippen molar-refractivity contribution in [3.8, 4) is 0 Å². The van der Waals surface area contributed by atoms with Crippen LogP contribution < -0.4 is 10.6 Å². The van der Waals surface area contributed by atoms with E-state index in [9.17, 15) is 23.3 Å². The molecule has 1 rings (SSSR count). The van der Waals surface area contributed by atoms with Gasteiger partial charge in [-0.2, -0.15) is 13.2 Å². The Bertz CT molecular complexity index is 451. The number of halogens is 3. The van der Waals surface area contributed by atoms with Crippen molar-refractivity contribution in [2.24, 2.45) is 0 Å². The van der Waals surface area contributed by atoms with Crippen LogP contribution in [0.25, 0.3) is 0 Å². The molecule has 0 atom stereocenters. The standard InChI is InChI=1S/C8H10F3N5O2/c1-15(3-2-8(9,10)11)7-5(16(17)18)6(12)13-4-14-7/h4H,2-3H2,1H3,(H2,12,13,14). The van der Waals surface area contributed by atoms with Crippen LogP contribution >= 0.6 is 0 Å². The molecule has 0 aliphatic rings. The number of hydrogen-bond acceptors (Lipinski definition) is 6. The van der Waals surface area contributed by atoms with E-state index < -0.39 is 29.8 Å². The van der Waals surface area contributed by atoms with Crippen molar-refractivity contribution >= 4 is 17.3 Å². The normalized spacial score (nSPS) is 11.3. The first-order chi connectivity index (χ1) is 8.22. The molecule has 0 saturated carbocycles. The van der Waals surface area contributed by atoms with Gasteiger partial charge in [-0.25, -0.2) is 9.97 Å². The number of hydrogen-bond donors (Lipinski definition) is 1. The van der Waals surface area contributed by atoms with Gasteiger partial charge in [-0.3, -0.25) is 10.1 Å². The van der Waals surface area contributed by atoms with Crippen LogP contribution in [0.1, 0.15) is 6.42 Å². The van der Waals surface area contributed by atoms with Gasteiger partial charge < -0.3 is 10.6 Å². The first-order valence-electron chi connectivity index (χ1n) is 4.75. The van der Waals surface area contributed by atoms with Crippen LogP contribution in [0.5, 0.6) is 0 Å². The van der Waals surface area contributed by atoms with Crippen LogP contribution in [-0.2, 0) is 0 Å². The number of nitrogens with zero attached hydrogens (tertiary/aromatic N) is 4. The smallest absolute Gasteiger partial charge is 0.378 e. The van der Waals surface area contributed by atoms with Crippen molar-refractivity contribution in [2.75, 3.05) is 24.2 Å². The van der Waals surface area contributed by atoms with Crippen molar-refractivity contribution in [2.45, 2.75) is 12.6 Å². The summed E-state index contributed by atoms with van der Waals surface area (Å²) < 4.78 is 36.2. The lowest BCUT2D eigenvalue weighted by Crippen LogP contribution is -2.26. The van der Waals surface area contributed by atoms with E-state index in [-0.39, 0.29) is 11.6 Å². The first kappa shape index (κ1) is 13.9. The van der Waals surface area contributed by atoms with Crippen LogP contribution in [0.15, 0.2) is 6.33 Å². The molecule has 0 aliphatic carbocycles. The average molecular weight is 265 g/mol. The Morgan fingerprint density at radius 3 is 2.61 bits per heavy atom. The van der Waals surface area contributed by atoms with Gasteiger partial charge in [0.25, 0.3) is 0 Å². The predicted octanol–water partition coefficient (Wildman–Crippen LogP) is 1.36. The molecule has 18 heavy (non-hydrogen) atoms. The van der Waals surface area contributed by atoms with Crippen LogP contribution in [0.2, 0.25) is 0 Å². The number of nitrogen functional groups attached to an aromatic ring is 1. The summed E-state index contributed by atoms with van der Waals surface area (Å²) in [6.07, 6.45) is -4.49. The van der Waals surface area contributed by atoms with Crippen molar-refractivity contribution < 1.29 is 18.1 Å². The van der Waals surface area contributed by atoms with Crippen molar-refractivity contribution in [3.05, 3.63) is 16.4 Å². The Morgan fingerprint density at radius 2 is 2.11 bits per heavy atom. The minimum Gasteiger partial charge on any atom is -0.378 e. The third kappa shape index (κ3) is 3.43. The molecule has 1 aromatic heterocycles. The summed E-state index contributed by atoms with van der Waals surface area (Å²) in [6.45, 7) is -0.458. The van der Waals surface area contributed by atoms with Gasteiger partial charge in [0.2, 0.25) is 11.6 Å². The Balaban J connectivity index is 2.95. The van der Waals surface area contributed by atoms with E-state index in [2.05, 4.69) is 9.97 Å². The molecule has 100 valence electrons. The first-order valence-corrected chi connectivity index (χ1v) is 4.75. The number of alkyl halides is 3. The number of nitrogens with two attached hydrogens (primary N) is 1. The van der Waals surface area contributed by atoms with Gasteiger partial charge >= 0.3 is 11.9 Å². The van der Waals surface area contributed by atoms with Crippen molar-refractivity contribution in [3.63, 3.8) is 0 Å². The van der Waals surface area contributed by atoms with E-state index in [4.69, 9.17) is 5.73 Å². The Morgan fingerprint density at radius 1 is 1.50 bits per heavy atom. The summed E-state index contributed by atoms with van der Waals surface area (Å²) in [5.74, 6) is -0.624. The molecule has 1 aromatic rings. The number of anilines is 2. The van der Waals surface area contributed by atoms with E-state index in [1.165, 1.54) is 7.05 Å². The van der Waals surface area contributed by atoms with Gasteiger partial charge in [-0.05, 0) is 0 Å². The molecule has 0 unspecified atom stereocenters. The van der Waals surface area contributed by atoms with Crippen LogP contribution in [0.4, 0.5) is 30.5 Å². The Labute approximate surface area is 99.6 Å². The summed E-state index contributed by atoms with van der Waals surface area (Å²) in [5, 5.41) is 10.7. The minimum absolute atomic E-state index is 0.239. The number of aromatic nitrogens is 2. The molecule has 1 heterocycles. The molecule has 0 bridgehead atoms. The Hall–Kier alpha value is -2.13. The lowest BCUT2D eigenvalue weighted by molar-refractivity contribution is -0.383. The SMILES string of the molecule is CN(CCC(F)(F)F)c1ncnc(N)c1[N+](=O)[O-]. The third-order valence-electron chi connectivity index (χ3n) is 2.11. The fourth-order valence-electron chi connectivity index (χ4n) is 1.24. The highest BCUT2D eigenvalue weighted by atomic mass is 19.4. The molecule has 7 nitrogen and oxygen atoms in total. The summed E-state index contributed by atoms with van der Waals surface area (Å²) in [4.78, 5) is 18.0. The van der Waals surface area contributed by atoms with E-state index >= 15 is 0 Å². The predicted molar refractivity (Wildman–Crippen MR) is 57.0 cm³/mol. The van der Waals surface area contributed by atoms with E-state index in [1.54, 1.807) is 0 Å². The van der Waals surface area contributed by atoms with E-state index in [0.717, 1.165) is 11.2 Å². The third-order valence-corrected chi connectivity index (χ3v) is 2.11. The fraction of sp³-hybridized carbons (Fsp3) is 0.500. The highest BCUT2D eigenvalue weighted by Crippen LogP contribution is 2.30. The van der Waals surface area contributed by atoms with Gasteiger partial charge in [0, 0.05) is 13.6 Å². The molecule has 2 N–H and O–H groups in total. The molecular weight excluding hydrogens is 255 g/mol. The minimum atomic E-state index is -4.35. The maximum atomic E-state index is 12.1. The summed E-state index contributed by atoms with van der Waals surface area (Å²) in [6, 6.07) is 0. The maximum absolute atomic E-state index is 12.1. The second-order valence-corrected chi connectivity index (χ2v) is 3.47. The summed E-state index contributed by atoms with van der Waals surface area (Å²) in [5.41, 5.74) is 4.71. The van der Waals surface area contributed by atoms with Gasteiger partial charge in [-0.1, -0.05) is 0 Å². The van der Waals surface area contributed by atoms with Gasteiger partial charge in [0.05, 0.1) is 11.3 Å². The molecular formula is C8H10F3N5O2. The molecule has 10 heteroatoms. The van der Waals surface area contributed by atoms with Crippen LogP contribution in [0, 0.1) is 10.1 Å². The lowest BCUT2D eigenvalue weighted by Gasteiger charge is -2.18. The quantitative estimate of drug-likeness (QED) is 0.651. The highest BCUT2D eigenvalue weighted by molar-refractivity contribution is 5.68. The Kier molecular flexibility index (Phi) is 3.89. The molecule has 0 saturated heterocycles. The van der Waals surface area contributed by atoms with Crippen molar-refractivity contribution in [1.29, 1.82) is 0 Å². The van der Waals surface area contributed by atoms with E-state index in [1.807, 2.05) is 0 Å². The molecule has 0 aromatic carbocycles. The highest BCUT2D eigenvalue weighted by Gasteiger charge is 2.29. The van der Waals surface area contributed by atoms with Gasteiger partial charge in [0.15, 0.2) is 0 Å². The molecule has 0 amide bonds. The second kappa shape index (κ2) is 5.02. The molecule has 0 fully saturated rings. The zero-order valence-corrected chi connectivity index (χ0v) is 9.31. The average Bonchev–Trinajstić information content (AvgIpc) is 2.24. The van der Waals surface area contributed by atoms with Crippen molar-refractivity contribution in [1.82, 2.24) is 9.97 Å². The molecule has 0 radical (unpaired) electrons. The second-order valence-electron chi connectivity index (χ2n) is 3.47. The van der Waals surface area contributed by atoms with E-state index in [0.29, 0.717) is 0 Å². The topological polar surface area (TPSA) is 98.2 Å². The monoisotopic (exact) mass is 265 g/mol. The van der Waals surface area contributed by atoms with Gasteiger partial charge in [0.1, 0.15) is 6.33 Å². The molecule has 0 aliphatic heterocycles. The summed E-state index contributed by atoms with van der Waals surface area (Å²) >= 11 is 0. The number of rotatable bonds is 4. The lowest BCUT2D eigenvalue weighted by atomic mass is 10.3. The largest absolute Gasteiger partial charge is 0.390 e.